The summed E-state index contributed by atoms with van der Waals surface area (Å²) in [7, 11) is 0. The number of carbonyl (C=O) groups is 1. The van der Waals surface area contributed by atoms with Gasteiger partial charge in [0.2, 0.25) is 0 Å². The number of hydrogen-bond donors (Lipinski definition) is 1. The van der Waals surface area contributed by atoms with Crippen LogP contribution in [0.1, 0.15) is 97.8 Å². The second kappa shape index (κ2) is 9.08. The standard InChI is InChI=1S/C28H44O6/c1-20(24(29)30)23(31-10-4-6-25(2)8-12-32-25)27-15-21-14-22(16-27)18-28(17-21,19-27)34-11-5-7-26(3)9-13-33-26/h21-22H,4-19H2,1-3H3,(H,29,30). The largest absolute Gasteiger partial charge is 0.497 e. The lowest BCUT2D eigenvalue weighted by atomic mass is 9.47. The fourth-order valence-corrected chi connectivity index (χ4v) is 8.02. The Bertz CT molecular complexity index is 794. The van der Waals surface area contributed by atoms with E-state index >= 15 is 0 Å². The quantitative estimate of drug-likeness (QED) is 0.223. The summed E-state index contributed by atoms with van der Waals surface area (Å²) >= 11 is 0. The predicted molar refractivity (Wildman–Crippen MR) is 129 cm³/mol. The number of carboxylic acids is 1. The fourth-order valence-electron chi connectivity index (χ4n) is 8.02. The number of carboxylic acid groups (broad SMARTS) is 1. The average Bonchev–Trinajstić information content (AvgIpc) is 2.72. The van der Waals surface area contributed by atoms with E-state index in [4.69, 9.17) is 18.9 Å². The molecule has 0 radical (unpaired) electrons. The summed E-state index contributed by atoms with van der Waals surface area (Å²) in [4.78, 5) is 12.1. The van der Waals surface area contributed by atoms with E-state index in [0.29, 0.717) is 24.0 Å². The smallest absolute Gasteiger partial charge is 0.334 e. The molecule has 4 aliphatic carbocycles. The van der Waals surface area contributed by atoms with Crippen LogP contribution in [0, 0.1) is 17.3 Å². The van der Waals surface area contributed by atoms with Crippen molar-refractivity contribution < 1.29 is 28.8 Å². The van der Waals surface area contributed by atoms with Gasteiger partial charge in [-0.3, -0.25) is 0 Å². The Balaban J connectivity index is 1.26. The number of hydrogen-bond acceptors (Lipinski definition) is 5. The van der Waals surface area contributed by atoms with Crippen LogP contribution >= 0.6 is 0 Å². The van der Waals surface area contributed by atoms with Gasteiger partial charge < -0.3 is 24.1 Å². The van der Waals surface area contributed by atoms with Gasteiger partial charge in [0.05, 0.1) is 42.2 Å². The van der Waals surface area contributed by atoms with E-state index in [1.165, 1.54) is 6.42 Å². The zero-order chi connectivity index (χ0) is 24.0. The van der Waals surface area contributed by atoms with Gasteiger partial charge in [0.15, 0.2) is 0 Å². The van der Waals surface area contributed by atoms with Crippen LogP contribution in [0.4, 0.5) is 0 Å². The Morgan fingerprint density at radius 1 is 0.941 bits per heavy atom. The highest BCUT2D eigenvalue weighted by Crippen LogP contribution is 2.65. The van der Waals surface area contributed by atoms with Crippen molar-refractivity contribution in [2.24, 2.45) is 17.3 Å². The topological polar surface area (TPSA) is 74.2 Å². The minimum atomic E-state index is -0.858. The van der Waals surface area contributed by atoms with Crippen LogP contribution in [0.3, 0.4) is 0 Å². The first-order valence-electron chi connectivity index (χ1n) is 13.6. The normalized spacial score (nSPS) is 43.1. The molecule has 6 rings (SSSR count). The number of ether oxygens (including phenoxy) is 4. The molecule has 6 heteroatoms. The molecule has 6 aliphatic rings. The highest BCUT2D eigenvalue weighted by Gasteiger charge is 2.60. The van der Waals surface area contributed by atoms with E-state index in [2.05, 4.69) is 13.8 Å². The number of allylic oxidation sites excluding steroid dienone is 1. The Hall–Kier alpha value is -1.11. The highest BCUT2D eigenvalue weighted by atomic mass is 16.5. The van der Waals surface area contributed by atoms with Crippen molar-refractivity contribution in [1.82, 2.24) is 0 Å². The number of rotatable bonds is 12. The summed E-state index contributed by atoms with van der Waals surface area (Å²) < 4.78 is 24.6. The summed E-state index contributed by atoms with van der Waals surface area (Å²) in [5, 5.41) is 9.93. The van der Waals surface area contributed by atoms with Gasteiger partial charge in [0.1, 0.15) is 5.76 Å². The van der Waals surface area contributed by atoms with Crippen molar-refractivity contribution in [2.75, 3.05) is 26.4 Å². The molecule has 4 atom stereocenters. The maximum absolute atomic E-state index is 12.1. The van der Waals surface area contributed by atoms with Crippen LogP contribution in [0.15, 0.2) is 11.3 Å². The van der Waals surface area contributed by atoms with E-state index in [-0.39, 0.29) is 22.2 Å². The molecule has 4 saturated carbocycles. The van der Waals surface area contributed by atoms with E-state index in [9.17, 15) is 9.90 Å². The molecule has 0 spiro atoms. The lowest BCUT2D eigenvalue weighted by Crippen LogP contribution is -2.58. The molecule has 6 fully saturated rings. The summed E-state index contributed by atoms with van der Waals surface area (Å²) in [6, 6.07) is 0. The minimum absolute atomic E-state index is 0.0186. The first-order chi connectivity index (χ1) is 16.1. The summed E-state index contributed by atoms with van der Waals surface area (Å²) in [5.41, 5.74) is 0.113. The predicted octanol–water partition coefficient (Wildman–Crippen LogP) is 5.64. The molecule has 2 saturated heterocycles. The minimum Gasteiger partial charge on any atom is -0.497 e. The van der Waals surface area contributed by atoms with Crippen LogP contribution in [-0.2, 0) is 23.7 Å². The molecule has 0 aromatic carbocycles. The van der Waals surface area contributed by atoms with Gasteiger partial charge in [-0.05, 0) is 110 Å². The van der Waals surface area contributed by atoms with Gasteiger partial charge in [-0.1, -0.05) is 0 Å². The van der Waals surface area contributed by atoms with Crippen LogP contribution in [-0.4, -0.2) is 54.3 Å². The third kappa shape index (κ3) is 4.79. The van der Waals surface area contributed by atoms with E-state index in [1.54, 1.807) is 6.92 Å². The van der Waals surface area contributed by atoms with Crippen molar-refractivity contribution in [3.63, 3.8) is 0 Å². The summed E-state index contributed by atoms with van der Waals surface area (Å²) in [6.45, 7) is 9.16. The molecule has 0 amide bonds. The first kappa shape index (κ1) is 24.6. The molecule has 6 nitrogen and oxygen atoms in total. The zero-order valence-corrected chi connectivity index (χ0v) is 21.5. The van der Waals surface area contributed by atoms with Crippen molar-refractivity contribution in [1.29, 1.82) is 0 Å². The first-order valence-corrected chi connectivity index (χ1v) is 13.6. The van der Waals surface area contributed by atoms with Crippen molar-refractivity contribution in [3.05, 3.63) is 11.3 Å². The molecular formula is C28H44O6. The average molecular weight is 477 g/mol. The molecule has 2 heterocycles. The van der Waals surface area contributed by atoms with Gasteiger partial charge >= 0.3 is 5.97 Å². The van der Waals surface area contributed by atoms with Gasteiger partial charge in [-0.25, -0.2) is 4.79 Å². The van der Waals surface area contributed by atoms with E-state index in [1.807, 2.05) is 0 Å². The van der Waals surface area contributed by atoms with E-state index < -0.39 is 5.97 Å². The molecule has 0 aromatic rings. The lowest BCUT2D eigenvalue weighted by Gasteiger charge is -2.62. The van der Waals surface area contributed by atoms with Crippen LogP contribution in [0.2, 0.25) is 0 Å². The molecule has 4 unspecified atom stereocenters. The third-order valence-electron chi connectivity index (χ3n) is 9.67. The van der Waals surface area contributed by atoms with Crippen LogP contribution in [0.5, 0.6) is 0 Å². The maximum Gasteiger partial charge on any atom is 0.334 e. The van der Waals surface area contributed by atoms with Crippen LogP contribution in [0.25, 0.3) is 0 Å². The van der Waals surface area contributed by atoms with Crippen molar-refractivity contribution in [3.8, 4) is 0 Å². The second-order valence-corrected chi connectivity index (χ2v) is 12.7. The Morgan fingerprint density at radius 2 is 1.50 bits per heavy atom. The fraction of sp³-hybridized carbons (Fsp3) is 0.893. The van der Waals surface area contributed by atoms with Gasteiger partial charge in [0.25, 0.3) is 0 Å². The molecule has 1 N–H and O–H groups in total. The second-order valence-electron chi connectivity index (χ2n) is 12.7. The molecular weight excluding hydrogens is 432 g/mol. The van der Waals surface area contributed by atoms with E-state index in [0.717, 1.165) is 96.2 Å². The molecule has 34 heavy (non-hydrogen) atoms. The van der Waals surface area contributed by atoms with Crippen molar-refractivity contribution >= 4 is 5.97 Å². The zero-order valence-electron chi connectivity index (χ0n) is 21.5. The maximum atomic E-state index is 12.1. The van der Waals surface area contributed by atoms with Gasteiger partial charge in [-0.15, -0.1) is 0 Å². The molecule has 2 aliphatic heterocycles. The summed E-state index contributed by atoms with van der Waals surface area (Å²) in [5.74, 6) is 1.10. The van der Waals surface area contributed by atoms with Gasteiger partial charge in [-0.2, -0.15) is 0 Å². The third-order valence-corrected chi connectivity index (χ3v) is 9.67. The molecule has 0 aromatic heterocycles. The highest BCUT2D eigenvalue weighted by molar-refractivity contribution is 5.86. The Morgan fingerprint density at radius 3 is 2.00 bits per heavy atom. The van der Waals surface area contributed by atoms with Crippen molar-refractivity contribution in [2.45, 2.75) is 115 Å². The van der Waals surface area contributed by atoms with Crippen LogP contribution < -0.4 is 0 Å². The SMILES string of the molecule is CC(C(=O)O)=C(OCCCC1(C)CCO1)C12CC3CC(CC(OCCCC4(C)CCO4)(C3)C1)C2. The summed E-state index contributed by atoms with van der Waals surface area (Å²) in [6.07, 6.45) is 12.7. The lowest BCUT2D eigenvalue weighted by molar-refractivity contribution is -0.196. The monoisotopic (exact) mass is 476 g/mol. The number of aliphatic carboxylic acids is 1. The molecule has 4 bridgehead atoms. The van der Waals surface area contributed by atoms with Gasteiger partial charge in [0, 0.05) is 12.0 Å². The molecule has 192 valence electrons. The Kier molecular flexibility index (Phi) is 6.56. The Labute approximate surface area is 204 Å².